The Balaban J connectivity index is 2.84. The molecule has 0 spiro atoms. The molecule has 4 nitrogen and oxygen atoms in total. The lowest BCUT2D eigenvalue weighted by atomic mass is 10.3. The fraction of sp³-hybridized carbons (Fsp3) is 0.538. The molecule has 0 saturated carbocycles. The summed E-state index contributed by atoms with van der Waals surface area (Å²) in [7, 11) is -3.30. The van der Waals surface area contributed by atoms with Crippen LogP contribution in [0.5, 0.6) is 5.75 Å². The van der Waals surface area contributed by atoms with E-state index in [9.17, 15) is 8.42 Å². The number of nitrogens with two attached hydrogens (primary N) is 1. The average molecular weight is 271 g/mol. The van der Waals surface area contributed by atoms with Crippen molar-refractivity contribution in [2.75, 3.05) is 5.75 Å². The molecule has 1 unspecified atom stereocenters. The molecule has 1 aromatic carbocycles. The third-order valence-corrected chi connectivity index (χ3v) is 4.37. The zero-order valence-corrected chi connectivity index (χ0v) is 11.9. The number of ether oxygens (including phenoxy) is 1. The SMILES string of the molecule is CCC(N)CS(=O)(=O)c1ccc(OC(C)C)cc1. The van der Waals surface area contributed by atoms with Crippen molar-refractivity contribution in [1.82, 2.24) is 0 Å². The number of hydrogen-bond acceptors (Lipinski definition) is 4. The van der Waals surface area contributed by atoms with Crippen molar-refractivity contribution >= 4 is 9.84 Å². The molecule has 1 atom stereocenters. The fourth-order valence-corrected chi connectivity index (χ4v) is 3.04. The second-order valence-corrected chi connectivity index (χ2v) is 6.62. The molecule has 0 amide bonds. The van der Waals surface area contributed by atoms with Gasteiger partial charge in [0.05, 0.1) is 16.8 Å². The lowest BCUT2D eigenvalue weighted by Gasteiger charge is -2.12. The van der Waals surface area contributed by atoms with Crippen LogP contribution in [0.4, 0.5) is 0 Å². The van der Waals surface area contributed by atoms with Crippen molar-refractivity contribution < 1.29 is 13.2 Å². The van der Waals surface area contributed by atoms with Crippen molar-refractivity contribution in [3.63, 3.8) is 0 Å². The minimum atomic E-state index is -3.30. The highest BCUT2D eigenvalue weighted by molar-refractivity contribution is 7.91. The quantitative estimate of drug-likeness (QED) is 0.859. The van der Waals surface area contributed by atoms with Crippen molar-refractivity contribution in [2.24, 2.45) is 5.73 Å². The summed E-state index contributed by atoms with van der Waals surface area (Å²) in [6, 6.07) is 6.15. The Bertz CT molecular complexity index is 466. The molecule has 0 aromatic heterocycles. The Hall–Kier alpha value is -1.07. The van der Waals surface area contributed by atoms with E-state index in [0.717, 1.165) is 0 Å². The van der Waals surface area contributed by atoms with Gasteiger partial charge in [-0.1, -0.05) is 6.92 Å². The van der Waals surface area contributed by atoms with Crippen LogP contribution < -0.4 is 10.5 Å². The first-order valence-electron chi connectivity index (χ1n) is 6.10. The van der Waals surface area contributed by atoms with Gasteiger partial charge >= 0.3 is 0 Å². The van der Waals surface area contributed by atoms with E-state index in [0.29, 0.717) is 17.1 Å². The van der Waals surface area contributed by atoms with Crippen LogP contribution >= 0.6 is 0 Å². The predicted molar refractivity (Wildman–Crippen MR) is 72.5 cm³/mol. The fourth-order valence-electron chi connectivity index (χ4n) is 1.49. The van der Waals surface area contributed by atoms with Crippen molar-refractivity contribution in [1.29, 1.82) is 0 Å². The van der Waals surface area contributed by atoms with E-state index in [1.54, 1.807) is 24.3 Å². The predicted octanol–water partition coefficient (Wildman–Crippen LogP) is 1.98. The van der Waals surface area contributed by atoms with Gasteiger partial charge in [-0.15, -0.1) is 0 Å². The van der Waals surface area contributed by atoms with Gasteiger partial charge in [-0.3, -0.25) is 0 Å². The van der Waals surface area contributed by atoms with E-state index in [1.165, 1.54) is 0 Å². The average Bonchev–Trinajstić information content (AvgIpc) is 2.28. The summed E-state index contributed by atoms with van der Waals surface area (Å²) in [6.07, 6.45) is 0.717. The van der Waals surface area contributed by atoms with E-state index in [2.05, 4.69) is 0 Å². The Labute approximate surface area is 109 Å². The molecule has 18 heavy (non-hydrogen) atoms. The summed E-state index contributed by atoms with van der Waals surface area (Å²) < 4.78 is 29.5. The maximum Gasteiger partial charge on any atom is 0.179 e. The Kier molecular flexibility index (Phi) is 5.16. The van der Waals surface area contributed by atoms with Crippen molar-refractivity contribution in [3.8, 4) is 5.75 Å². The Morgan fingerprint density at radius 1 is 1.22 bits per heavy atom. The van der Waals surface area contributed by atoms with Crippen LogP contribution in [0.15, 0.2) is 29.2 Å². The number of hydrogen-bond donors (Lipinski definition) is 1. The smallest absolute Gasteiger partial charge is 0.179 e. The van der Waals surface area contributed by atoms with Crippen LogP contribution in [-0.2, 0) is 9.84 Å². The number of rotatable bonds is 6. The van der Waals surface area contributed by atoms with E-state index in [1.807, 2.05) is 20.8 Å². The maximum absolute atomic E-state index is 12.0. The van der Waals surface area contributed by atoms with Crippen molar-refractivity contribution in [2.45, 2.75) is 44.2 Å². The normalized spacial score (nSPS) is 13.6. The number of sulfone groups is 1. The van der Waals surface area contributed by atoms with Gasteiger partial charge in [-0.05, 0) is 44.5 Å². The second-order valence-electron chi connectivity index (χ2n) is 4.59. The molecule has 102 valence electrons. The largest absolute Gasteiger partial charge is 0.491 e. The molecule has 0 saturated heterocycles. The zero-order valence-electron chi connectivity index (χ0n) is 11.1. The molecule has 1 aromatic rings. The molecular weight excluding hydrogens is 250 g/mol. The van der Waals surface area contributed by atoms with Crippen LogP contribution in [0.25, 0.3) is 0 Å². The minimum absolute atomic E-state index is 0.0200. The second kappa shape index (κ2) is 6.20. The monoisotopic (exact) mass is 271 g/mol. The highest BCUT2D eigenvalue weighted by atomic mass is 32.2. The lowest BCUT2D eigenvalue weighted by Crippen LogP contribution is -2.28. The van der Waals surface area contributed by atoms with Gasteiger partial charge in [0.2, 0.25) is 0 Å². The molecule has 0 fully saturated rings. The molecule has 0 aliphatic carbocycles. The summed E-state index contributed by atoms with van der Waals surface area (Å²) in [4.78, 5) is 0.294. The molecule has 0 bridgehead atoms. The van der Waals surface area contributed by atoms with Crippen LogP contribution in [-0.4, -0.2) is 26.3 Å². The highest BCUT2D eigenvalue weighted by Crippen LogP contribution is 2.18. The van der Waals surface area contributed by atoms with Crippen LogP contribution in [0.3, 0.4) is 0 Å². The Morgan fingerprint density at radius 3 is 2.22 bits per heavy atom. The molecule has 0 radical (unpaired) electrons. The molecule has 0 heterocycles. The third-order valence-electron chi connectivity index (χ3n) is 2.51. The van der Waals surface area contributed by atoms with Gasteiger partial charge in [-0.25, -0.2) is 8.42 Å². The molecule has 5 heteroatoms. The summed E-state index contributed by atoms with van der Waals surface area (Å²) in [6.45, 7) is 5.72. The molecule has 0 aliphatic heterocycles. The lowest BCUT2D eigenvalue weighted by molar-refractivity contribution is 0.242. The maximum atomic E-state index is 12.0. The molecular formula is C13H21NO3S. The molecule has 1 rings (SSSR count). The zero-order chi connectivity index (χ0) is 13.8. The molecule has 0 aliphatic rings. The summed E-state index contributed by atoms with van der Waals surface area (Å²) in [5.41, 5.74) is 5.69. The Morgan fingerprint density at radius 2 is 1.78 bits per heavy atom. The van der Waals surface area contributed by atoms with Gasteiger partial charge in [0.15, 0.2) is 9.84 Å². The van der Waals surface area contributed by atoms with Gasteiger partial charge in [0, 0.05) is 6.04 Å². The minimum Gasteiger partial charge on any atom is -0.491 e. The standard InChI is InChI=1S/C13H21NO3S/c1-4-11(14)9-18(15,16)13-7-5-12(6-8-13)17-10(2)3/h5-8,10-11H,4,9,14H2,1-3H3. The van der Waals surface area contributed by atoms with Gasteiger partial charge < -0.3 is 10.5 Å². The van der Waals surface area contributed by atoms with E-state index < -0.39 is 9.84 Å². The molecule has 2 N–H and O–H groups in total. The first-order valence-corrected chi connectivity index (χ1v) is 7.75. The van der Waals surface area contributed by atoms with Gasteiger partial charge in [0.1, 0.15) is 5.75 Å². The van der Waals surface area contributed by atoms with Gasteiger partial charge in [-0.2, -0.15) is 0 Å². The topological polar surface area (TPSA) is 69.4 Å². The van der Waals surface area contributed by atoms with Crippen LogP contribution in [0.2, 0.25) is 0 Å². The summed E-state index contributed by atoms with van der Waals surface area (Å²) in [5.74, 6) is 0.650. The highest BCUT2D eigenvalue weighted by Gasteiger charge is 2.17. The first-order chi connectivity index (χ1) is 8.35. The van der Waals surface area contributed by atoms with E-state index >= 15 is 0 Å². The van der Waals surface area contributed by atoms with Crippen LogP contribution in [0.1, 0.15) is 27.2 Å². The summed E-state index contributed by atoms with van der Waals surface area (Å²) in [5, 5.41) is 0. The number of benzene rings is 1. The van der Waals surface area contributed by atoms with E-state index in [-0.39, 0.29) is 17.9 Å². The first kappa shape index (κ1) is 15.0. The van der Waals surface area contributed by atoms with Crippen LogP contribution in [0, 0.1) is 0 Å². The van der Waals surface area contributed by atoms with Gasteiger partial charge in [0.25, 0.3) is 0 Å². The van der Waals surface area contributed by atoms with Crippen molar-refractivity contribution in [3.05, 3.63) is 24.3 Å². The van der Waals surface area contributed by atoms with E-state index in [4.69, 9.17) is 10.5 Å². The third kappa shape index (κ3) is 4.31. The summed E-state index contributed by atoms with van der Waals surface area (Å²) >= 11 is 0.